The van der Waals surface area contributed by atoms with E-state index in [2.05, 4.69) is 51.9 Å². The van der Waals surface area contributed by atoms with Gasteiger partial charge in [0.1, 0.15) is 36.6 Å². The first-order chi connectivity index (χ1) is 25.5. The summed E-state index contributed by atoms with van der Waals surface area (Å²) in [6, 6.07) is 0. The lowest BCUT2D eigenvalue weighted by molar-refractivity contribution is -0.745. The topological polar surface area (TPSA) is 511 Å². The molecule has 4 aromatic rings. The molecule has 2 saturated heterocycles. The van der Waals surface area contributed by atoms with Crippen molar-refractivity contribution in [3.63, 3.8) is 0 Å². The van der Waals surface area contributed by atoms with Crippen LogP contribution < -0.4 is 33.3 Å². The molecular weight excluding hydrogens is 854 g/mol. The van der Waals surface area contributed by atoms with Gasteiger partial charge in [-0.05, 0) is 0 Å². The standard InChI is InChI=1S/C20H28N10O21P4.H3N/c21-19-25-13-7(15(35)27-19)23-3-29(13)17-11(33)9(31)5(47-17)1-45-52(37,38)49-54(41,42)51-55(43,44)50-53(39,40)46-2-6-10(32)12(34)18(48-6)30-4-24-8-14(30)26-20(22)28-16(8)36;/h3-6,9-12,17-18,31-34H,1-2H2,(H10,21,22,25,26,27,28,35,36,37,38,39,40,41,42,43,44);1H3/p+1. The predicted octanol–water partition coefficient (Wildman–Crippen LogP) is -4.28. The Kier molecular flexibility index (Phi) is 12.3. The van der Waals surface area contributed by atoms with Crippen LogP contribution in [0.25, 0.3) is 22.3 Å². The Morgan fingerprint density at radius 1 is 0.768 bits per heavy atom. The summed E-state index contributed by atoms with van der Waals surface area (Å²) in [6.45, 7) is -2.34. The fraction of sp³-hybridized carbons (Fsp3) is 0.500. The van der Waals surface area contributed by atoms with E-state index in [1.807, 2.05) is 0 Å². The highest BCUT2D eigenvalue weighted by atomic mass is 31.3. The molecule has 4 aromatic heterocycles. The summed E-state index contributed by atoms with van der Waals surface area (Å²) in [5.41, 5.74) is 8.94. The van der Waals surface area contributed by atoms with Crippen molar-refractivity contribution in [3.05, 3.63) is 33.4 Å². The highest BCUT2D eigenvalue weighted by Gasteiger charge is 2.51. The van der Waals surface area contributed by atoms with Gasteiger partial charge in [0, 0.05) is 0 Å². The summed E-state index contributed by atoms with van der Waals surface area (Å²) in [6.07, 6.45) is -11.7. The molecule has 6 rings (SSSR count). The number of nitrogens with one attached hydrogen (secondary N) is 3. The lowest BCUT2D eigenvalue weighted by atomic mass is 10.1. The first-order valence-corrected chi connectivity index (χ1v) is 20.7. The molecule has 0 radical (unpaired) electrons. The number of aromatic amines is 3. The zero-order valence-corrected chi connectivity index (χ0v) is 31.0. The van der Waals surface area contributed by atoms with E-state index in [9.17, 15) is 67.8 Å². The highest BCUT2D eigenvalue weighted by molar-refractivity contribution is 7.69. The average Bonchev–Trinajstić information content (AvgIpc) is 3.79. The van der Waals surface area contributed by atoms with E-state index in [0.29, 0.717) is 0 Å². The molecule has 0 saturated carbocycles. The van der Waals surface area contributed by atoms with E-state index in [4.69, 9.17) is 20.9 Å². The minimum atomic E-state index is -6.24. The second-order valence-corrected chi connectivity index (χ2v) is 17.6. The second kappa shape index (κ2) is 15.7. The lowest BCUT2D eigenvalue weighted by Crippen LogP contribution is -2.46. The molecule has 0 aliphatic carbocycles. The summed E-state index contributed by atoms with van der Waals surface area (Å²) in [4.78, 5) is 82.3. The Labute approximate surface area is 307 Å². The molecule has 2 fully saturated rings. The molecule has 0 spiro atoms. The number of aliphatic hydroxyl groups is 4. The van der Waals surface area contributed by atoms with Crippen LogP contribution in [-0.4, -0.2) is 124 Å². The third-order valence-electron chi connectivity index (χ3n) is 7.61. The first kappa shape index (κ1) is 43.7. The zero-order valence-electron chi connectivity index (χ0n) is 27.5. The van der Waals surface area contributed by atoms with E-state index >= 15 is 0 Å². The molecule has 312 valence electrons. The smallest absolute Gasteiger partial charge is 0.387 e. The van der Waals surface area contributed by atoms with Gasteiger partial charge in [0.05, 0.1) is 19.5 Å². The number of H-pyrrole nitrogens is 3. The van der Waals surface area contributed by atoms with Crippen LogP contribution in [0.5, 0.6) is 0 Å². The molecule has 36 heteroatoms. The molecule has 0 amide bonds. The number of phosphoric acid groups is 4. The number of rotatable bonds is 14. The van der Waals surface area contributed by atoms with Gasteiger partial charge in [0.25, 0.3) is 17.1 Å². The molecule has 2 aliphatic rings. The van der Waals surface area contributed by atoms with Gasteiger partial charge in [-0.2, -0.15) is 17.9 Å². The fourth-order valence-electron chi connectivity index (χ4n) is 5.31. The monoisotopic (exact) mass is 886 g/mol. The van der Waals surface area contributed by atoms with Gasteiger partial charge in [0.2, 0.25) is 17.7 Å². The van der Waals surface area contributed by atoms with Gasteiger partial charge in [-0.15, -0.1) is 0 Å². The predicted molar refractivity (Wildman–Crippen MR) is 175 cm³/mol. The first-order valence-electron chi connectivity index (χ1n) is 14.7. The van der Waals surface area contributed by atoms with E-state index in [-0.39, 0.29) is 40.4 Å². The number of nitrogen functional groups attached to an aromatic ring is 2. The number of fused-ring (bicyclic) bond motifs is 2. The third-order valence-corrected chi connectivity index (χ3v) is 13.5. The summed E-state index contributed by atoms with van der Waals surface area (Å²) >= 11 is 0. The number of aliphatic hydroxyl groups excluding tert-OH is 4. The molecule has 0 bridgehead atoms. The quantitative estimate of drug-likeness (QED) is 0.0421. The number of nitrogens with two attached hydrogens (primary N) is 2. The van der Waals surface area contributed by atoms with Crippen molar-refractivity contribution in [1.29, 1.82) is 0 Å². The van der Waals surface area contributed by atoms with Crippen molar-refractivity contribution >= 4 is 65.5 Å². The summed E-state index contributed by atoms with van der Waals surface area (Å²) < 4.78 is 83.0. The van der Waals surface area contributed by atoms with Crippen LogP contribution in [0.4, 0.5) is 11.9 Å². The Hall–Kier alpha value is -3.42. The van der Waals surface area contributed by atoms with Crippen molar-refractivity contribution in [2.75, 3.05) is 24.7 Å². The van der Waals surface area contributed by atoms with Crippen LogP contribution in [0, 0.1) is 0 Å². The van der Waals surface area contributed by atoms with Gasteiger partial charge >= 0.3 is 36.9 Å². The molecule has 18 N–H and O–H groups in total. The van der Waals surface area contributed by atoms with E-state index in [0.717, 1.165) is 21.8 Å². The number of hydrogen-bond donors (Lipinski definition) is 14. The normalized spacial score (nSPS) is 29.7. The van der Waals surface area contributed by atoms with Crippen molar-refractivity contribution in [2.24, 2.45) is 0 Å². The molecule has 0 aromatic carbocycles. The molecular formula is C20H32N11O21P4+. The van der Waals surface area contributed by atoms with Gasteiger partial charge in [-0.25, -0.2) is 27.8 Å². The summed E-state index contributed by atoms with van der Waals surface area (Å²) in [5.74, 6) is -0.659. The van der Waals surface area contributed by atoms with Crippen molar-refractivity contribution in [1.82, 2.24) is 40.6 Å². The maximum atomic E-state index is 12.4. The Morgan fingerprint density at radius 2 is 1.29 bits per heavy atom. The molecule has 32 nitrogen and oxygen atoms in total. The molecule has 2 aliphatic heterocycles. The third kappa shape index (κ3) is 9.15. The number of ether oxygens (including phenoxy) is 2. The van der Waals surface area contributed by atoms with Crippen LogP contribution in [0.2, 0.25) is 0 Å². The van der Waals surface area contributed by atoms with E-state index in [1.165, 1.54) is 0 Å². The number of hydrogen-bond acceptors (Lipinski definition) is 23. The van der Waals surface area contributed by atoms with Crippen LogP contribution in [-0.2, 0) is 49.7 Å². The van der Waals surface area contributed by atoms with Crippen LogP contribution in [0.15, 0.2) is 22.2 Å². The van der Waals surface area contributed by atoms with Crippen LogP contribution >= 0.6 is 31.3 Å². The van der Waals surface area contributed by atoms with Crippen molar-refractivity contribution in [3.8, 4) is 0 Å². The summed E-state index contributed by atoms with van der Waals surface area (Å²) in [7, 11) is -24.1. The molecule has 56 heavy (non-hydrogen) atoms. The Balaban J connectivity index is 0.00000600. The van der Waals surface area contributed by atoms with Crippen molar-refractivity contribution in [2.45, 2.75) is 49.1 Å². The van der Waals surface area contributed by atoms with Gasteiger partial charge < -0.3 is 67.1 Å². The van der Waals surface area contributed by atoms with E-state index < -0.39 is 105 Å². The van der Waals surface area contributed by atoms with Gasteiger partial charge in [-0.3, -0.25) is 38.2 Å². The summed E-state index contributed by atoms with van der Waals surface area (Å²) in [5, 5.41) is 41.8. The van der Waals surface area contributed by atoms with Crippen LogP contribution in [0.1, 0.15) is 12.5 Å². The Bertz CT molecular complexity index is 2260. The second-order valence-electron chi connectivity index (χ2n) is 11.4. The maximum absolute atomic E-state index is 12.4. The Morgan fingerprint density at radius 3 is 1.89 bits per heavy atom. The number of aromatic nitrogens is 8. The molecule has 12 atom stereocenters. The average molecular weight is 886 g/mol. The minimum Gasteiger partial charge on any atom is -0.387 e. The zero-order chi connectivity index (χ0) is 40.4. The maximum Gasteiger partial charge on any atom is 0.490 e. The highest BCUT2D eigenvalue weighted by Crippen LogP contribution is 2.71. The number of phosphoric ester groups is 2. The number of anilines is 2. The lowest BCUT2D eigenvalue weighted by Gasteiger charge is -2.21. The number of imidazole rings is 2. The van der Waals surface area contributed by atoms with Crippen LogP contribution in [0.3, 0.4) is 0 Å². The molecule has 6 heterocycles. The van der Waals surface area contributed by atoms with Crippen molar-refractivity contribution < 1.29 is 94.3 Å². The van der Waals surface area contributed by atoms with Gasteiger partial charge in [-0.1, -0.05) is 4.98 Å². The minimum absolute atomic E-state index is 0. The fourth-order valence-corrected chi connectivity index (χ4v) is 10.3. The van der Waals surface area contributed by atoms with E-state index in [1.54, 1.807) is 0 Å². The molecule has 12 unspecified atom stereocenters. The SMILES string of the molecule is N.Nc1nc2c(ncn2C2OC(COP(=O)(O)OP(=O)(O)OP(=O)(O)OP(=O)(O)OCC3OC([n+]4c[nH]c5c(=O)[nH]c(N)nc54)C(O)C3O)C(O)C2O)c(=O)[nH]1. The van der Waals surface area contributed by atoms with Gasteiger partial charge in [0.15, 0.2) is 23.7 Å². The largest absolute Gasteiger partial charge is 0.490 e. The number of nitrogens with zero attached hydrogens (tertiary/aromatic N) is 5.